The maximum atomic E-state index is 12.0. The van der Waals surface area contributed by atoms with Gasteiger partial charge in [-0.05, 0) is 13.0 Å². The van der Waals surface area contributed by atoms with Crippen molar-refractivity contribution in [2.45, 2.75) is 19.8 Å². The summed E-state index contributed by atoms with van der Waals surface area (Å²) in [4.78, 5) is 17.4. The predicted octanol–water partition coefficient (Wildman–Crippen LogP) is 1.49. The van der Waals surface area contributed by atoms with Gasteiger partial charge >= 0.3 is 0 Å². The molecule has 110 valence electrons. The van der Waals surface area contributed by atoms with E-state index in [-0.39, 0.29) is 23.9 Å². The van der Waals surface area contributed by atoms with E-state index in [0.717, 1.165) is 5.69 Å². The minimum Gasteiger partial charge on any atom is -0.305 e. The van der Waals surface area contributed by atoms with Crippen LogP contribution in [0.25, 0.3) is 0 Å². The van der Waals surface area contributed by atoms with E-state index in [9.17, 15) is 4.79 Å². The highest BCUT2D eigenvalue weighted by molar-refractivity contribution is 6.68. The van der Waals surface area contributed by atoms with Crippen LogP contribution in [0.15, 0.2) is 36.4 Å². The molecule has 0 atom stereocenters. The molecule has 1 aromatic heterocycles. The fourth-order valence-corrected chi connectivity index (χ4v) is 1.88. The van der Waals surface area contributed by atoms with Gasteiger partial charge in [0.2, 0.25) is 5.91 Å². The van der Waals surface area contributed by atoms with Gasteiger partial charge in [-0.3, -0.25) is 20.5 Å². The molecular formula is C14H17ClN5O+. The second-order valence-corrected chi connectivity index (χ2v) is 4.49. The quantitative estimate of drug-likeness (QED) is 0.747. The highest BCUT2D eigenvalue weighted by atomic mass is 35.5. The molecule has 0 aliphatic rings. The largest absolute Gasteiger partial charge is 0.305 e. The summed E-state index contributed by atoms with van der Waals surface area (Å²) in [5, 5.41) is 17.7. The van der Waals surface area contributed by atoms with Crippen molar-refractivity contribution >= 4 is 28.4 Å². The van der Waals surface area contributed by atoms with E-state index in [1.165, 1.54) is 4.90 Å². The zero-order chi connectivity index (χ0) is 15.7. The Balaban J connectivity index is 2.90. The van der Waals surface area contributed by atoms with Crippen LogP contribution < -0.4 is 5.32 Å². The van der Waals surface area contributed by atoms with E-state index in [2.05, 4.69) is 4.98 Å². The highest BCUT2D eigenvalue weighted by Gasteiger charge is 2.20. The summed E-state index contributed by atoms with van der Waals surface area (Å²) in [5.74, 6) is -0.227. The van der Waals surface area contributed by atoms with E-state index in [0.29, 0.717) is 12.2 Å². The molecule has 7 heteroatoms. The third-order valence-electron chi connectivity index (χ3n) is 2.70. The number of nitriles is 1. The molecule has 0 aromatic carbocycles. The normalized spacial score (nSPS) is 10.8. The Morgan fingerprint density at radius 2 is 2.43 bits per heavy atom. The van der Waals surface area contributed by atoms with Crippen molar-refractivity contribution in [3.63, 3.8) is 0 Å². The molecule has 1 amide bonds. The number of quaternary nitrogens is 1. The molecule has 0 radical (unpaired) electrons. The van der Waals surface area contributed by atoms with Gasteiger partial charge in [0.25, 0.3) is 0 Å². The average Bonchev–Trinajstić information content (AvgIpc) is 2.49. The molecule has 6 nitrogen and oxygen atoms in total. The Labute approximate surface area is 128 Å². The number of pyridine rings is 1. The van der Waals surface area contributed by atoms with Crippen LogP contribution in [0.2, 0.25) is 0 Å². The number of carbonyl (C=O) groups excluding carboxylic acids is 1. The molecule has 1 heterocycles. The number of allylic oxidation sites excluding steroid dienone is 1. The SMILES string of the molecule is CCN(C(=O)CCC#N)/C(=C/[NH2+]c1cccnc1)C(=N)Cl. The van der Waals surface area contributed by atoms with Crippen LogP contribution in [-0.4, -0.2) is 27.5 Å². The fourth-order valence-electron chi connectivity index (χ4n) is 1.71. The number of carbonyl (C=O) groups is 1. The number of nitrogens with zero attached hydrogens (tertiary/aromatic N) is 3. The number of nitrogens with one attached hydrogen (secondary N) is 1. The molecule has 1 aromatic rings. The third kappa shape index (κ3) is 5.34. The topological polar surface area (TPSA) is 97.4 Å². The molecule has 0 unspecified atom stereocenters. The van der Waals surface area contributed by atoms with Crippen LogP contribution >= 0.6 is 11.6 Å². The molecule has 0 bridgehead atoms. The van der Waals surface area contributed by atoms with Crippen molar-refractivity contribution in [3.8, 4) is 6.07 Å². The molecule has 0 saturated carbocycles. The Kier molecular flexibility index (Phi) is 7.09. The van der Waals surface area contributed by atoms with Crippen molar-refractivity contribution in [2.75, 3.05) is 6.54 Å². The van der Waals surface area contributed by atoms with Crippen molar-refractivity contribution in [1.29, 1.82) is 10.7 Å². The van der Waals surface area contributed by atoms with Crippen LogP contribution in [0.4, 0.5) is 5.69 Å². The summed E-state index contributed by atoms with van der Waals surface area (Å²) in [6.07, 6.45) is 5.19. The van der Waals surface area contributed by atoms with Crippen LogP contribution in [-0.2, 0) is 4.79 Å². The lowest BCUT2D eigenvalue weighted by Crippen LogP contribution is -2.72. The first-order chi connectivity index (χ1) is 10.1. The Bertz CT molecular complexity index is 564. The molecule has 0 aliphatic carbocycles. The zero-order valence-corrected chi connectivity index (χ0v) is 12.5. The smallest absolute Gasteiger partial charge is 0.228 e. The second-order valence-electron chi connectivity index (χ2n) is 4.12. The predicted molar refractivity (Wildman–Crippen MR) is 79.7 cm³/mol. The lowest BCUT2D eigenvalue weighted by molar-refractivity contribution is -0.497. The second kappa shape index (κ2) is 8.84. The lowest BCUT2D eigenvalue weighted by Gasteiger charge is -2.21. The Morgan fingerprint density at radius 1 is 1.67 bits per heavy atom. The number of hydrogen-bond donors (Lipinski definition) is 2. The summed E-state index contributed by atoms with van der Waals surface area (Å²) >= 11 is 5.78. The van der Waals surface area contributed by atoms with Crippen molar-refractivity contribution in [3.05, 3.63) is 36.4 Å². The van der Waals surface area contributed by atoms with E-state index < -0.39 is 0 Å². The molecule has 1 rings (SSSR count). The molecule has 3 N–H and O–H groups in total. The lowest BCUT2D eigenvalue weighted by atomic mass is 10.2. The molecule has 0 fully saturated rings. The van der Waals surface area contributed by atoms with Gasteiger partial charge in [0.1, 0.15) is 17.1 Å². The van der Waals surface area contributed by atoms with Crippen LogP contribution in [0.1, 0.15) is 19.8 Å². The van der Waals surface area contributed by atoms with Crippen molar-refractivity contribution < 1.29 is 10.1 Å². The maximum absolute atomic E-state index is 12.0. The van der Waals surface area contributed by atoms with Crippen molar-refractivity contribution in [2.24, 2.45) is 0 Å². The Hall–Kier alpha value is -2.23. The molecular weight excluding hydrogens is 290 g/mol. The minimum absolute atomic E-state index is 0.110. The number of nitrogens with two attached hydrogens (primary N) is 1. The van der Waals surface area contributed by atoms with Crippen LogP contribution in [0.3, 0.4) is 0 Å². The average molecular weight is 307 g/mol. The first kappa shape index (κ1) is 16.8. The van der Waals surface area contributed by atoms with Gasteiger partial charge in [0, 0.05) is 31.6 Å². The molecule has 0 spiro atoms. The van der Waals surface area contributed by atoms with Gasteiger partial charge in [-0.15, -0.1) is 0 Å². The summed E-state index contributed by atoms with van der Waals surface area (Å²) < 4.78 is 0. The van der Waals surface area contributed by atoms with Gasteiger partial charge in [-0.25, -0.2) is 0 Å². The standard InChI is InChI=1S/C14H16ClN5O/c1-2-20(13(21)6-3-7-16)12(14(15)17)10-19-11-5-4-8-18-9-11/h4-5,8-10,17,19H,2-3,6H2,1H3/p+1/b12-10+,17-14?. The summed E-state index contributed by atoms with van der Waals surface area (Å²) in [6.45, 7) is 2.17. The number of aromatic nitrogens is 1. The highest BCUT2D eigenvalue weighted by Crippen LogP contribution is 2.10. The number of halogens is 1. The fraction of sp³-hybridized carbons (Fsp3) is 0.286. The molecule has 0 saturated heterocycles. The van der Waals surface area contributed by atoms with E-state index in [1.807, 2.05) is 12.1 Å². The zero-order valence-electron chi connectivity index (χ0n) is 11.7. The summed E-state index contributed by atoms with van der Waals surface area (Å²) in [6, 6.07) is 5.58. The number of amides is 1. The van der Waals surface area contributed by atoms with E-state index in [1.54, 1.807) is 36.9 Å². The monoisotopic (exact) mass is 306 g/mol. The number of rotatable bonds is 7. The van der Waals surface area contributed by atoms with Gasteiger partial charge in [0.15, 0.2) is 5.69 Å². The van der Waals surface area contributed by atoms with E-state index >= 15 is 0 Å². The van der Waals surface area contributed by atoms with Crippen molar-refractivity contribution in [1.82, 2.24) is 9.88 Å². The van der Waals surface area contributed by atoms with Gasteiger partial charge in [0.05, 0.1) is 12.3 Å². The third-order valence-corrected chi connectivity index (χ3v) is 2.90. The maximum Gasteiger partial charge on any atom is 0.228 e. The summed E-state index contributed by atoms with van der Waals surface area (Å²) in [7, 11) is 0. The Morgan fingerprint density at radius 3 is 2.95 bits per heavy atom. The van der Waals surface area contributed by atoms with E-state index in [4.69, 9.17) is 22.3 Å². The summed E-state index contributed by atoms with van der Waals surface area (Å²) in [5.41, 5.74) is 1.15. The van der Waals surface area contributed by atoms with Gasteiger partial charge in [-0.2, -0.15) is 5.26 Å². The first-order valence-corrected chi connectivity index (χ1v) is 6.84. The molecule has 21 heavy (non-hydrogen) atoms. The first-order valence-electron chi connectivity index (χ1n) is 6.47. The molecule has 0 aliphatic heterocycles. The van der Waals surface area contributed by atoms with Crippen LogP contribution in [0.5, 0.6) is 0 Å². The van der Waals surface area contributed by atoms with Crippen LogP contribution in [0, 0.1) is 16.7 Å². The van der Waals surface area contributed by atoms with Gasteiger partial charge < -0.3 is 4.90 Å². The number of hydrogen-bond acceptors (Lipinski definition) is 4. The minimum atomic E-state index is -0.227. The van der Waals surface area contributed by atoms with Gasteiger partial charge in [-0.1, -0.05) is 11.6 Å².